The van der Waals surface area contributed by atoms with Gasteiger partial charge in [-0.3, -0.25) is 9.25 Å². The zero-order chi connectivity index (χ0) is 20.4. The molecule has 9 heteroatoms. The van der Waals surface area contributed by atoms with Crippen molar-refractivity contribution in [2.24, 2.45) is 14.1 Å². The van der Waals surface area contributed by atoms with Crippen LogP contribution in [0.3, 0.4) is 0 Å². The van der Waals surface area contributed by atoms with Crippen molar-refractivity contribution in [3.63, 3.8) is 0 Å². The molecule has 2 aromatic carbocycles. The van der Waals surface area contributed by atoms with E-state index >= 15 is 0 Å². The molecule has 4 aromatic rings. The fourth-order valence-electron chi connectivity index (χ4n) is 2.95. The second-order valence-corrected chi connectivity index (χ2v) is 6.48. The Morgan fingerprint density at radius 3 is 2.34 bits per heavy atom. The van der Waals surface area contributed by atoms with Gasteiger partial charge in [-0.2, -0.15) is 14.9 Å². The van der Waals surface area contributed by atoms with Crippen LogP contribution >= 0.6 is 0 Å². The highest BCUT2D eigenvalue weighted by Crippen LogP contribution is 2.22. The first-order chi connectivity index (χ1) is 14.0. The molecule has 0 aliphatic carbocycles. The van der Waals surface area contributed by atoms with E-state index in [9.17, 15) is 9.59 Å². The highest BCUT2D eigenvalue weighted by molar-refractivity contribution is 6.00. The van der Waals surface area contributed by atoms with Crippen molar-refractivity contribution in [2.75, 3.05) is 10.6 Å². The molecule has 9 nitrogen and oxygen atoms in total. The van der Waals surface area contributed by atoms with Crippen LogP contribution in [-0.2, 0) is 14.1 Å². The molecule has 29 heavy (non-hydrogen) atoms. The molecular weight excluding hydrogens is 370 g/mol. The SMILES string of the molecule is Cn1nccc1-c1cccc(NC(=O)Nc2ccc(-n3ncn(C)c3=O)cc2)c1. The number of aromatic nitrogens is 5. The summed E-state index contributed by atoms with van der Waals surface area (Å²) in [6.07, 6.45) is 3.17. The molecule has 0 aliphatic heterocycles. The molecule has 146 valence electrons. The lowest BCUT2D eigenvalue weighted by Gasteiger charge is -2.10. The van der Waals surface area contributed by atoms with Crippen molar-refractivity contribution in [1.29, 1.82) is 0 Å². The van der Waals surface area contributed by atoms with Crippen molar-refractivity contribution >= 4 is 17.4 Å². The molecule has 0 aliphatic rings. The lowest BCUT2D eigenvalue weighted by molar-refractivity contribution is 0.262. The number of urea groups is 1. The number of nitrogens with one attached hydrogen (secondary N) is 2. The Morgan fingerprint density at radius 1 is 0.931 bits per heavy atom. The summed E-state index contributed by atoms with van der Waals surface area (Å²) in [4.78, 5) is 24.3. The number of carbonyl (C=O) groups excluding carboxylic acids is 1. The highest BCUT2D eigenvalue weighted by Gasteiger charge is 2.08. The fourth-order valence-corrected chi connectivity index (χ4v) is 2.95. The number of anilines is 2. The summed E-state index contributed by atoms with van der Waals surface area (Å²) >= 11 is 0. The Morgan fingerprint density at radius 2 is 1.69 bits per heavy atom. The minimum Gasteiger partial charge on any atom is -0.308 e. The molecule has 0 saturated carbocycles. The Bertz CT molecular complexity index is 1220. The number of aryl methyl sites for hydroxylation is 2. The lowest BCUT2D eigenvalue weighted by atomic mass is 10.1. The summed E-state index contributed by atoms with van der Waals surface area (Å²) in [6.45, 7) is 0. The van der Waals surface area contributed by atoms with Gasteiger partial charge in [-0.05, 0) is 42.5 Å². The van der Waals surface area contributed by atoms with Crippen LogP contribution in [0.1, 0.15) is 0 Å². The number of carbonyl (C=O) groups is 1. The van der Waals surface area contributed by atoms with Crippen molar-refractivity contribution < 1.29 is 4.79 Å². The van der Waals surface area contributed by atoms with E-state index < -0.39 is 0 Å². The molecular formula is C20H19N7O2. The van der Waals surface area contributed by atoms with E-state index in [1.807, 2.05) is 37.4 Å². The standard InChI is InChI=1S/C20H19N7O2/c1-25-13-22-27(20(25)29)17-8-6-15(7-9-17)23-19(28)24-16-5-3-4-14(12-16)18-10-11-21-26(18)2/h3-13H,1-2H3,(H2,23,24,28). The van der Waals surface area contributed by atoms with Crippen LogP contribution in [0.25, 0.3) is 16.9 Å². The molecule has 0 bridgehead atoms. The van der Waals surface area contributed by atoms with E-state index in [0.29, 0.717) is 17.1 Å². The maximum absolute atomic E-state index is 12.3. The van der Waals surface area contributed by atoms with Crippen molar-refractivity contribution in [3.05, 3.63) is 77.6 Å². The fraction of sp³-hybridized carbons (Fsp3) is 0.100. The summed E-state index contributed by atoms with van der Waals surface area (Å²) in [5.41, 5.74) is 3.54. The molecule has 0 unspecified atom stereocenters. The van der Waals surface area contributed by atoms with Gasteiger partial charge in [0, 0.05) is 37.2 Å². The Kier molecular flexibility index (Phi) is 4.70. The van der Waals surface area contributed by atoms with Crippen LogP contribution < -0.4 is 16.3 Å². The quantitative estimate of drug-likeness (QED) is 0.560. The molecule has 0 radical (unpaired) electrons. The van der Waals surface area contributed by atoms with Crippen LogP contribution in [0.5, 0.6) is 0 Å². The number of hydrogen-bond acceptors (Lipinski definition) is 4. The number of rotatable bonds is 4. The maximum Gasteiger partial charge on any atom is 0.350 e. The van der Waals surface area contributed by atoms with E-state index in [4.69, 9.17) is 0 Å². The molecule has 0 fully saturated rings. The van der Waals surface area contributed by atoms with Gasteiger partial charge >= 0.3 is 11.7 Å². The molecule has 0 saturated heterocycles. The van der Waals surface area contributed by atoms with Crippen LogP contribution in [0, 0.1) is 0 Å². The van der Waals surface area contributed by atoms with Crippen molar-refractivity contribution in [2.45, 2.75) is 0 Å². The third-order valence-electron chi connectivity index (χ3n) is 4.43. The average Bonchev–Trinajstić information content (AvgIpc) is 3.28. The second kappa shape index (κ2) is 7.47. The first-order valence-corrected chi connectivity index (χ1v) is 8.89. The van der Waals surface area contributed by atoms with Crippen LogP contribution in [0.2, 0.25) is 0 Å². The van der Waals surface area contributed by atoms with Gasteiger partial charge in [0.2, 0.25) is 0 Å². The number of amides is 2. The van der Waals surface area contributed by atoms with E-state index in [0.717, 1.165) is 11.3 Å². The van der Waals surface area contributed by atoms with E-state index in [1.165, 1.54) is 15.6 Å². The summed E-state index contributed by atoms with van der Waals surface area (Å²) in [6, 6.07) is 15.9. The van der Waals surface area contributed by atoms with Crippen LogP contribution in [0.4, 0.5) is 16.2 Å². The molecule has 0 atom stereocenters. The van der Waals surface area contributed by atoms with Crippen LogP contribution in [-0.4, -0.2) is 30.2 Å². The van der Waals surface area contributed by atoms with E-state index in [-0.39, 0.29) is 11.7 Å². The smallest absolute Gasteiger partial charge is 0.308 e. The third kappa shape index (κ3) is 3.79. The Balaban J connectivity index is 1.44. The van der Waals surface area contributed by atoms with E-state index in [1.54, 1.807) is 42.2 Å². The van der Waals surface area contributed by atoms with Gasteiger partial charge < -0.3 is 10.6 Å². The first-order valence-electron chi connectivity index (χ1n) is 8.89. The molecule has 2 N–H and O–H groups in total. The van der Waals surface area contributed by atoms with Gasteiger partial charge in [0.05, 0.1) is 11.4 Å². The molecule has 2 heterocycles. The lowest BCUT2D eigenvalue weighted by Crippen LogP contribution is -2.21. The Hall–Kier alpha value is -4.14. The predicted molar refractivity (Wildman–Crippen MR) is 110 cm³/mol. The van der Waals surface area contributed by atoms with Gasteiger partial charge in [0.1, 0.15) is 6.33 Å². The number of benzene rings is 2. The monoisotopic (exact) mass is 389 g/mol. The molecule has 2 amide bonds. The topological polar surface area (TPSA) is 98.8 Å². The van der Waals surface area contributed by atoms with Gasteiger partial charge in [0.15, 0.2) is 0 Å². The maximum atomic E-state index is 12.3. The highest BCUT2D eigenvalue weighted by atomic mass is 16.2. The zero-order valence-electron chi connectivity index (χ0n) is 15.9. The normalized spacial score (nSPS) is 10.7. The predicted octanol–water partition coefficient (Wildman–Crippen LogP) is 2.62. The largest absolute Gasteiger partial charge is 0.350 e. The molecule has 2 aromatic heterocycles. The summed E-state index contributed by atoms with van der Waals surface area (Å²) in [5.74, 6) is 0. The van der Waals surface area contributed by atoms with Crippen LogP contribution in [0.15, 0.2) is 71.9 Å². The minimum atomic E-state index is -0.366. The third-order valence-corrected chi connectivity index (χ3v) is 4.43. The average molecular weight is 389 g/mol. The summed E-state index contributed by atoms with van der Waals surface area (Å²) in [7, 11) is 3.50. The van der Waals surface area contributed by atoms with E-state index in [2.05, 4.69) is 20.8 Å². The summed E-state index contributed by atoms with van der Waals surface area (Å²) < 4.78 is 4.45. The number of hydrogen-bond donors (Lipinski definition) is 2. The van der Waals surface area contributed by atoms with Gasteiger partial charge in [-0.25, -0.2) is 9.59 Å². The van der Waals surface area contributed by atoms with Crippen molar-refractivity contribution in [1.82, 2.24) is 24.1 Å². The summed E-state index contributed by atoms with van der Waals surface area (Å²) in [5, 5.41) is 13.8. The molecule has 4 rings (SSSR count). The van der Waals surface area contributed by atoms with Crippen molar-refractivity contribution in [3.8, 4) is 16.9 Å². The molecule has 0 spiro atoms. The first kappa shape index (κ1) is 18.2. The van der Waals surface area contributed by atoms with Gasteiger partial charge in [-0.1, -0.05) is 12.1 Å². The van der Waals surface area contributed by atoms with Gasteiger partial charge in [0.25, 0.3) is 0 Å². The minimum absolute atomic E-state index is 0.239. The second-order valence-electron chi connectivity index (χ2n) is 6.48. The Labute approximate surface area is 166 Å². The number of nitrogens with zero attached hydrogens (tertiary/aromatic N) is 5. The van der Waals surface area contributed by atoms with Gasteiger partial charge in [-0.15, -0.1) is 0 Å². The zero-order valence-corrected chi connectivity index (χ0v) is 15.9.